The van der Waals surface area contributed by atoms with E-state index in [1.54, 1.807) is 0 Å². The van der Waals surface area contributed by atoms with Crippen molar-refractivity contribution in [2.24, 2.45) is 7.05 Å². The maximum atomic E-state index is 8.91. The van der Waals surface area contributed by atoms with Crippen LogP contribution in [0.1, 0.15) is 11.7 Å². The van der Waals surface area contributed by atoms with Crippen molar-refractivity contribution >= 4 is 0 Å². The third kappa shape index (κ3) is 1.49. The Morgan fingerprint density at radius 3 is 2.58 bits per heavy atom. The van der Waals surface area contributed by atoms with Crippen molar-refractivity contribution in [3.05, 3.63) is 24.0 Å². The molecule has 0 spiro atoms. The van der Waals surface area contributed by atoms with Crippen LogP contribution in [-0.2, 0) is 7.05 Å². The molecule has 0 amide bonds. The van der Waals surface area contributed by atoms with E-state index in [1.807, 2.05) is 44.0 Å². The molecule has 1 aromatic heterocycles. The highest BCUT2D eigenvalue weighted by Gasteiger charge is 2.18. The van der Waals surface area contributed by atoms with Gasteiger partial charge in [0, 0.05) is 13.2 Å². The Labute approximate surface area is 72.8 Å². The molecule has 0 radical (unpaired) electrons. The average Bonchev–Trinajstić information content (AvgIpc) is 2.38. The Morgan fingerprint density at radius 1 is 1.58 bits per heavy atom. The number of nitrogens with one attached hydrogen (secondary N) is 1. The normalized spacial score (nSPS) is 12.9. The van der Waals surface area contributed by atoms with Crippen molar-refractivity contribution in [2.45, 2.75) is 6.04 Å². The van der Waals surface area contributed by atoms with E-state index in [4.69, 9.17) is 5.26 Å². The van der Waals surface area contributed by atoms with E-state index in [-0.39, 0.29) is 6.04 Å². The van der Waals surface area contributed by atoms with Gasteiger partial charge in [0.1, 0.15) is 6.07 Å². The zero-order valence-electron chi connectivity index (χ0n) is 7.70. The molecule has 0 aliphatic heterocycles. The highest BCUT2D eigenvalue weighted by Crippen LogP contribution is 2.07. The Hall–Kier alpha value is -1.27. The summed E-state index contributed by atoms with van der Waals surface area (Å²) >= 11 is 0. The maximum absolute atomic E-state index is 8.91. The van der Waals surface area contributed by atoms with Crippen LogP contribution in [0.5, 0.6) is 0 Å². The smallest absolute Gasteiger partial charge is 0.215 e. The lowest BCUT2D eigenvalue weighted by Crippen LogP contribution is -3.06. The first-order chi connectivity index (χ1) is 5.66. The molecule has 0 saturated carbocycles. The molecule has 0 saturated heterocycles. The summed E-state index contributed by atoms with van der Waals surface area (Å²) in [4.78, 5) is 1.14. The molecular weight excluding hydrogens is 150 g/mol. The summed E-state index contributed by atoms with van der Waals surface area (Å²) in [6, 6.07) is 6.17. The van der Waals surface area contributed by atoms with Gasteiger partial charge >= 0.3 is 0 Å². The number of quaternary nitrogens is 1. The molecule has 0 aliphatic rings. The van der Waals surface area contributed by atoms with Gasteiger partial charge in [-0.15, -0.1) is 0 Å². The van der Waals surface area contributed by atoms with Crippen LogP contribution in [0.25, 0.3) is 0 Å². The second-order valence-electron chi connectivity index (χ2n) is 3.18. The van der Waals surface area contributed by atoms with Crippen LogP contribution >= 0.6 is 0 Å². The highest BCUT2D eigenvalue weighted by molar-refractivity contribution is 5.14. The van der Waals surface area contributed by atoms with E-state index in [2.05, 4.69) is 6.07 Å². The molecule has 0 aliphatic carbocycles. The minimum Gasteiger partial charge on any atom is -0.349 e. The number of aryl methyl sites for hydroxylation is 1. The number of rotatable bonds is 2. The van der Waals surface area contributed by atoms with Crippen LogP contribution < -0.4 is 4.90 Å². The Kier molecular flexibility index (Phi) is 2.51. The van der Waals surface area contributed by atoms with Crippen molar-refractivity contribution in [3.63, 3.8) is 0 Å². The van der Waals surface area contributed by atoms with E-state index in [9.17, 15) is 0 Å². The minimum absolute atomic E-state index is 0.0648. The standard InChI is InChI=1S/C9H13N3/c1-11(2)9(7-10)8-5-4-6-12(8)3/h4-6,9H,1-3H3/p+1/t9-/m1/s1. The van der Waals surface area contributed by atoms with E-state index in [0.717, 1.165) is 10.6 Å². The first-order valence-electron chi connectivity index (χ1n) is 3.97. The fourth-order valence-electron chi connectivity index (χ4n) is 1.27. The summed E-state index contributed by atoms with van der Waals surface area (Å²) in [6.07, 6.45) is 1.96. The molecule has 3 nitrogen and oxygen atoms in total. The summed E-state index contributed by atoms with van der Waals surface area (Å²) in [5.41, 5.74) is 1.07. The molecular formula is C9H14N3+. The van der Waals surface area contributed by atoms with Crippen LogP contribution in [0.15, 0.2) is 18.3 Å². The second kappa shape index (κ2) is 3.42. The molecule has 64 valence electrons. The number of hydrogen-bond donors (Lipinski definition) is 1. The van der Waals surface area contributed by atoms with Gasteiger partial charge in [0.15, 0.2) is 0 Å². The van der Waals surface area contributed by atoms with Crippen LogP contribution in [0.3, 0.4) is 0 Å². The third-order valence-corrected chi connectivity index (χ3v) is 1.99. The SMILES string of the molecule is Cn1cccc1[C@@H](C#N)[NH+](C)C. The maximum Gasteiger partial charge on any atom is 0.215 e. The van der Waals surface area contributed by atoms with Crippen molar-refractivity contribution in [2.75, 3.05) is 14.1 Å². The largest absolute Gasteiger partial charge is 0.349 e. The third-order valence-electron chi connectivity index (χ3n) is 1.99. The number of hydrogen-bond acceptors (Lipinski definition) is 1. The summed E-state index contributed by atoms with van der Waals surface area (Å²) in [7, 11) is 5.93. The molecule has 1 aromatic rings. The molecule has 1 N–H and O–H groups in total. The summed E-state index contributed by atoms with van der Waals surface area (Å²) in [5.74, 6) is 0. The van der Waals surface area contributed by atoms with Gasteiger partial charge in [0.2, 0.25) is 6.04 Å². The summed E-state index contributed by atoms with van der Waals surface area (Å²) in [6.45, 7) is 0. The molecule has 1 rings (SSSR count). The van der Waals surface area contributed by atoms with Gasteiger partial charge in [0.05, 0.1) is 19.8 Å². The van der Waals surface area contributed by atoms with E-state index in [1.165, 1.54) is 0 Å². The molecule has 0 aromatic carbocycles. The number of nitrogens with zero attached hydrogens (tertiary/aromatic N) is 2. The van der Waals surface area contributed by atoms with Crippen LogP contribution in [0.4, 0.5) is 0 Å². The van der Waals surface area contributed by atoms with Crippen molar-refractivity contribution in [1.82, 2.24) is 4.57 Å². The monoisotopic (exact) mass is 164 g/mol. The molecule has 0 unspecified atom stereocenters. The first kappa shape index (κ1) is 8.82. The molecule has 0 bridgehead atoms. The number of aromatic nitrogens is 1. The fraction of sp³-hybridized carbons (Fsp3) is 0.444. The van der Waals surface area contributed by atoms with Gasteiger partial charge in [-0.2, -0.15) is 5.26 Å². The zero-order chi connectivity index (χ0) is 9.14. The van der Waals surface area contributed by atoms with Gasteiger partial charge in [-0.1, -0.05) is 0 Å². The van der Waals surface area contributed by atoms with Crippen LogP contribution in [-0.4, -0.2) is 18.7 Å². The van der Waals surface area contributed by atoms with Gasteiger partial charge < -0.3 is 9.47 Å². The van der Waals surface area contributed by atoms with Crippen LogP contribution in [0, 0.1) is 11.3 Å². The number of nitriles is 1. The van der Waals surface area contributed by atoms with Gasteiger partial charge in [-0.25, -0.2) is 0 Å². The fourth-order valence-corrected chi connectivity index (χ4v) is 1.27. The predicted octanol–water partition coefficient (Wildman–Crippen LogP) is -0.266. The molecule has 1 atom stereocenters. The molecule has 0 fully saturated rings. The average molecular weight is 164 g/mol. The van der Waals surface area contributed by atoms with E-state index >= 15 is 0 Å². The van der Waals surface area contributed by atoms with Gasteiger partial charge in [0.25, 0.3) is 0 Å². The quantitative estimate of drug-likeness (QED) is 0.641. The summed E-state index contributed by atoms with van der Waals surface area (Å²) < 4.78 is 1.99. The Bertz CT molecular complexity index is 293. The zero-order valence-corrected chi connectivity index (χ0v) is 7.70. The van der Waals surface area contributed by atoms with Gasteiger partial charge in [-0.3, -0.25) is 0 Å². The van der Waals surface area contributed by atoms with Crippen LogP contribution in [0.2, 0.25) is 0 Å². The van der Waals surface area contributed by atoms with Crippen molar-refractivity contribution < 1.29 is 4.90 Å². The molecule has 3 heteroatoms. The van der Waals surface area contributed by atoms with Gasteiger partial charge in [-0.05, 0) is 12.1 Å². The van der Waals surface area contributed by atoms with Crippen molar-refractivity contribution in [1.29, 1.82) is 5.26 Å². The van der Waals surface area contributed by atoms with E-state index in [0.29, 0.717) is 0 Å². The molecule has 12 heavy (non-hydrogen) atoms. The Balaban J connectivity index is 2.97. The predicted molar refractivity (Wildman–Crippen MR) is 46.6 cm³/mol. The lowest BCUT2D eigenvalue weighted by atomic mass is 10.2. The second-order valence-corrected chi connectivity index (χ2v) is 3.18. The van der Waals surface area contributed by atoms with Crippen molar-refractivity contribution in [3.8, 4) is 6.07 Å². The summed E-state index contributed by atoms with van der Waals surface area (Å²) in [5, 5.41) is 8.91. The highest BCUT2D eigenvalue weighted by atomic mass is 15.1. The lowest BCUT2D eigenvalue weighted by Gasteiger charge is -2.14. The molecule has 1 heterocycles. The van der Waals surface area contributed by atoms with E-state index < -0.39 is 0 Å². The minimum atomic E-state index is -0.0648. The lowest BCUT2D eigenvalue weighted by molar-refractivity contribution is -0.883. The first-order valence-corrected chi connectivity index (χ1v) is 3.97. The topological polar surface area (TPSA) is 33.2 Å². The Morgan fingerprint density at radius 2 is 2.25 bits per heavy atom.